The van der Waals surface area contributed by atoms with Crippen molar-refractivity contribution in [1.82, 2.24) is 4.98 Å². The third-order valence-electron chi connectivity index (χ3n) is 4.42. The molecule has 2 heterocycles. The molecule has 0 aliphatic rings. The second-order valence-corrected chi connectivity index (χ2v) is 6.55. The van der Waals surface area contributed by atoms with E-state index in [-0.39, 0.29) is 6.04 Å². The Bertz CT molecular complexity index is 1010. The molecule has 0 aliphatic heterocycles. The number of pyridine rings is 1. The summed E-state index contributed by atoms with van der Waals surface area (Å²) in [6.07, 6.45) is 1.92. The van der Waals surface area contributed by atoms with Gasteiger partial charge in [-0.15, -0.1) is 0 Å². The second kappa shape index (κ2) is 6.61. The number of benzene rings is 2. The van der Waals surface area contributed by atoms with Crippen molar-refractivity contribution in [2.24, 2.45) is 0 Å². The quantitative estimate of drug-likeness (QED) is 0.526. The van der Waals surface area contributed by atoms with E-state index in [9.17, 15) is 0 Å². The fourth-order valence-corrected chi connectivity index (χ4v) is 3.52. The van der Waals surface area contributed by atoms with Crippen molar-refractivity contribution in [3.8, 4) is 0 Å². The molecule has 1 atom stereocenters. The van der Waals surface area contributed by atoms with Gasteiger partial charge in [0.15, 0.2) is 0 Å². The molecule has 0 saturated heterocycles. The first-order valence-corrected chi connectivity index (χ1v) is 8.66. The minimum absolute atomic E-state index is 0.0199. The molecule has 0 fully saturated rings. The molecule has 4 heteroatoms. The van der Waals surface area contributed by atoms with Crippen LogP contribution in [0.15, 0.2) is 72.9 Å². The number of halogens is 1. The molecule has 2 aromatic carbocycles. The van der Waals surface area contributed by atoms with Crippen LogP contribution in [-0.2, 0) is 0 Å². The molecule has 0 amide bonds. The summed E-state index contributed by atoms with van der Waals surface area (Å²) in [7, 11) is 0. The Morgan fingerprint density at radius 1 is 1.00 bits per heavy atom. The number of rotatable bonds is 4. The third-order valence-corrected chi connectivity index (χ3v) is 4.66. The van der Waals surface area contributed by atoms with Gasteiger partial charge in [-0.25, -0.2) is 4.98 Å². The zero-order valence-electron chi connectivity index (χ0n) is 13.9. The zero-order valence-corrected chi connectivity index (χ0v) is 14.6. The van der Waals surface area contributed by atoms with E-state index in [1.165, 1.54) is 10.9 Å². The lowest BCUT2D eigenvalue weighted by atomic mass is 9.96. The summed E-state index contributed by atoms with van der Waals surface area (Å²) in [4.78, 5) is 6.75. The van der Waals surface area contributed by atoms with Crippen LogP contribution < -0.4 is 10.3 Å². The Balaban J connectivity index is 1.89. The van der Waals surface area contributed by atoms with Crippen LogP contribution in [0.4, 0.5) is 5.82 Å². The first-order chi connectivity index (χ1) is 12.2. The van der Waals surface area contributed by atoms with E-state index in [0.717, 1.165) is 27.6 Å². The van der Waals surface area contributed by atoms with Crippen molar-refractivity contribution in [2.75, 3.05) is 5.32 Å². The standard InChI is InChI=1S/C21H18ClN3/c1-14-20(17-9-2-3-10-18(17)24-14)21(15-7-6-8-16(22)13-15)25-19-11-4-5-12-23-19/h2-13,21,24H,1H3,(H,23,25)/p+1/t21-/m1/s1. The molecule has 124 valence electrons. The highest BCUT2D eigenvalue weighted by Gasteiger charge is 2.25. The molecule has 0 saturated carbocycles. The van der Waals surface area contributed by atoms with Crippen molar-refractivity contribution in [2.45, 2.75) is 13.0 Å². The van der Waals surface area contributed by atoms with E-state index in [2.05, 4.69) is 52.5 Å². The van der Waals surface area contributed by atoms with E-state index in [1.54, 1.807) is 0 Å². The highest BCUT2D eigenvalue weighted by atomic mass is 35.5. The lowest BCUT2D eigenvalue weighted by Crippen LogP contribution is -2.19. The molecule has 4 aromatic rings. The van der Waals surface area contributed by atoms with Crippen LogP contribution in [0, 0.1) is 6.92 Å². The van der Waals surface area contributed by atoms with Gasteiger partial charge in [-0.05, 0) is 31.2 Å². The largest absolute Gasteiger partial charge is 0.358 e. The molecule has 3 N–H and O–H groups in total. The molecule has 0 bridgehead atoms. The van der Waals surface area contributed by atoms with Crippen molar-refractivity contribution in [3.05, 3.63) is 94.8 Å². The van der Waals surface area contributed by atoms with E-state index < -0.39 is 0 Å². The van der Waals surface area contributed by atoms with E-state index in [0.29, 0.717) is 0 Å². The Labute approximate surface area is 151 Å². The minimum Gasteiger partial charge on any atom is -0.358 e. The molecule has 4 rings (SSSR count). The molecule has 0 unspecified atom stereocenters. The van der Waals surface area contributed by atoms with Crippen LogP contribution in [-0.4, -0.2) is 4.98 Å². The average molecular weight is 349 g/mol. The molecule has 0 spiro atoms. The highest BCUT2D eigenvalue weighted by Crippen LogP contribution is 2.34. The number of para-hydroxylation sites is 1. The van der Waals surface area contributed by atoms with Gasteiger partial charge in [0.25, 0.3) is 5.82 Å². The van der Waals surface area contributed by atoms with Crippen LogP contribution in [0.1, 0.15) is 22.9 Å². The number of aromatic nitrogens is 2. The fourth-order valence-electron chi connectivity index (χ4n) is 3.32. The average Bonchev–Trinajstić information content (AvgIpc) is 2.96. The van der Waals surface area contributed by atoms with Crippen LogP contribution in [0.3, 0.4) is 0 Å². The summed E-state index contributed by atoms with van der Waals surface area (Å²) in [5.74, 6) is 0.956. The number of anilines is 1. The summed E-state index contributed by atoms with van der Waals surface area (Å²) < 4.78 is 0. The third kappa shape index (κ3) is 3.11. The maximum atomic E-state index is 6.27. The molecule has 25 heavy (non-hydrogen) atoms. The van der Waals surface area contributed by atoms with Gasteiger partial charge in [0.2, 0.25) is 0 Å². The van der Waals surface area contributed by atoms with Crippen molar-refractivity contribution in [3.63, 3.8) is 0 Å². The number of nitrogens with one attached hydrogen (secondary N) is 3. The summed E-state index contributed by atoms with van der Waals surface area (Å²) >= 11 is 6.27. The van der Waals surface area contributed by atoms with Gasteiger partial charge >= 0.3 is 0 Å². The minimum atomic E-state index is -0.0199. The van der Waals surface area contributed by atoms with Crippen molar-refractivity contribution in [1.29, 1.82) is 0 Å². The lowest BCUT2D eigenvalue weighted by Gasteiger charge is -2.16. The van der Waals surface area contributed by atoms with Gasteiger partial charge in [-0.2, -0.15) is 0 Å². The van der Waals surface area contributed by atoms with Crippen molar-refractivity contribution >= 4 is 28.3 Å². The van der Waals surface area contributed by atoms with E-state index in [1.807, 2.05) is 42.6 Å². The first kappa shape index (κ1) is 15.7. The summed E-state index contributed by atoms with van der Waals surface area (Å²) in [6, 6.07) is 22.4. The Kier molecular flexibility index (Phi) is 4.16. The number of fused-ring (bicyclic) bond motifs is 1. The number of aryl methyl sites for hydroxylation is 1. The smallest absolute Gasteiger partial charge is 0.272 e. The van der Waals surface area contributed by atoms with Gasteiger partial charge in [0, 0.05) is 38.8 Å². The molecule has 3 nitrogen and oxygen atoms in total. The lowest BCUT2D eigenvalue weighted by molar-refractivity contribution is -0.361. The van der Waals surface area contributed by atoms with Crippen LogP contribution in [0.5, 0.6) is 0 Å². The number of hydrogen-bond donors (Lipinski definition) is 2. The number of H-pyrrole nitrogens is 2. The van der Waals surface area contributed by atoms with Crippen LogP contribution in [0.25, 0.3) is 10.9 Å². The molecular weight excluding hydrogens is 330 g/mol. The zero-order chi connectivity index (χ0) is 17.2. The predicted octanol–water partition coefficient (Wildman–Crippen LogP) is 5.15. The highest BCUT2D eigenvalue weighted by molar-refractivity contribution is 6.30. The second-order valence-electron chi connectivity index (χ2n) is 6.12. The van der Waals surface area contributed by atoms with E-state index in [4.69, 9.17) is 11.6 Å². The van der Waals surface area contributed by atoms with Gasteiger partial charge in [0.05, 0.1) is 6.20 Å². The maximum Gasteiger partial charge on any atom is 0.272 e. The number of hydrogen-bond acceptors (Lipinski definition) is 1. The SMILES string of the molecule is Cc1[nH]c2ccccc2c1[C@H](Nc1cccc[nH+]1)c1cccc(Cl)c1. The summed E-state index contributed by atoms with van der Waals surface area (Å²) in [5.41, 5.74) is 4.64. The summed E-state index contributed by atoms with van der Waals surface area (Å²) in [5, 5.41) is 5.57. The van der Waals surface area contributed by atoms with Gasteiger partial charge in [0.1, 0.15) is 6.04 Å². The monoisotopic (exact) mass is 348 g/mol. The Hall–Kier alpha value is -2.78. The first-order valence-electron chi connectivity index (χ1n) is 8.28. The molecule has 2 aromatic heterocycles. The topological polar surface area (TPSA) is 42.0 Å². The number of aromatic amines is 2. The normalized spacial score (nSPS) is 12.2. The molecular formula is C21H19ClN3+. The maximum absolute atomic E-state index is 6.27. The fraction of sp³-hybridized carbons (Fsp3) is 0.0952. The Morgan fingerprint density at radius 3 is 2.64 bits per heavy atom. The van der Waals surface area contributed by atoms with Gasteiger partial charge in [-0.1, -0.05) is 48.0 Å². The van der Waals surface area contributed by atoms with Crippen LogP contribution >= 0.6 is 11.6 Å². The Morgan fingerprint density at radius 2 is 1.84 bits per heavy atom. The predicted molar refractivity (Wildman–Crippen MR) is 103 cm³/mol. The van der Waals surface area contributed by atoms with Gasteiger partial charge < -0.3 is 4.98 Å². The summed E-state index contributed by atoms with van der Waals surface area (Å²) in [6.45, 7) is 2.11. The molecule has 0 aliphatic carbocycles. The van der Waals surface area contributed by atoms with Crippen molar-refractivity contribution < 1.29 is 4.98 Å². The van der Waals surface area contributed by atoms with Gasteiger partial charge in [-0.3, -0.25) is 5.32 Å². The van der Waals surface area contributed by atoms with Crippen LogP contribution in [0.2, 0.25) is 5.02 Å². The van der Waals surface area contributed by atoms with E-state index >= 15 is 0 Å². The molecule has 0 radical (unpaired) electrons.